The quantitative estimate of drug-likeness (QED) is 0.741. The summed E-state index contributed by atoms with van der Waals surface area (Å²) in [4.78, 5) is 23.7. The largest absolute Gasteiger partial charge is 0.351 e. The standard InChI is InChI=1S/C20H24FN5O3S2/c1-11-14-17(20(6-7-20)25(2)18(14)27)30-16(11)15-13(21)10-22-19(24-15)23-12-4-8-26(9-5-12)31(3,28)29/h10,12H,4-9H2,1-3H3,(H,22,23,24)/i2D3. The molecule has 0 bridgehead atoms. The van der Waals surface area contributed by atoms with Crippen molar-refractivity contribution in [2.45, 2.75) is 44.2 Å². The Morgan fingerprint density at radius 2 is 2.06 bits per heavy atom. The maximum absolute atomic E-state index is 14.8. The van der Waals surface area contributed by atoms with Gasteiger partial charge in [-0.1, -0.05) is 0 Å². The summed E-state index contributed by atoms with van der Waals surface area (Å²) < 4.78 is 63.1. The third kappa shape index (κ3) is 3.25. The van der Waals surface area contributed by atoms with E-state index >= 15 is 0 Å². The number of fused-ring (bicyclic) bond motifs is 2. The Morgan fingerprint density at radius 3 is 2.68 bits per heavy atom. The van der Waals surface area contributed by atoms with Crippen LogP contribution in [0.2, 0.25) is 0 Å². The Kier molecular flexibility index (Phi) is 3.91. The van der Waals surface area contributed by atoms with Crippen molar-refractivity contribution >= 4 is 33.2 Å². The zero-order valence-corrected chi connectivity index (χ0v) is 18.7. The molecule has 4 heterocycles. The summed E-state index contributed by atoms with van der Waals surface area (Å²) in [5.41, 5.74) is 0.0955. The number of halogens is 1. The van der Waals surface area contributed by atoms with Gasteiger partial charge < -0.3 is 10.2 Å². The molecule has 1 amide bonds. The highest BCUT2D eigenvalue weighted by atomic mass is 32.2. The van der Waals surface area contributed by atoms with Crippen molar-refractivity contribution in [2.24, 2.45) is 0 Å². The van der Waals surface area contributed by atoms with Crippen LogP contribution in [0.4, 0.5) is 10.3 Å². The average Bonchev–Trinajstić information content (AvgIpc) is 3.37. The minimum absolute atomic E-state index is 0.0603. The SMILES string of the molecule is [2H]C([2H])([2H])N1C(=O)c2c(sc(-c3nc(NC4CCN(S(C)(=O)=O)CC4)ncc3F)c2C)C12CC2. The normalized spacial score (nSPS) is 22.9. The zero-order valence-electron chi connectivity index (χ0n) is 20.1. The second-order valence-corrected chi connectivity index (χ2v) is 11.4. The lowest BCUT2D eigenvalue weighted by Crippen LogP contribution is -2.42. The van der Waals surface area contributed by atoms with E-state index in [1.165, 1.54) is 21.9 Å². The number of nitrogens with zero attached hydrogens (tertiary/aromatic N) is 4. The fourth-order valence-electron chi connectivity index (χ4n) is 4.41. The second-order valence-electron chi connectivity index (χ2n) is 8.40. The molecule has 5 rings (SSSR count). The third-order valence-electron chi connectivity index (χ3n) is 6.35. The Morgan fingerprint density at radius 1 is 1.35 bits per heavy atom. The van der Waals surface area contributed by atoms with E-state index in [0.29, 0.717) is 59.7 Å². The number of carbonyl (C=O) groups excluding carboxylic acids is 1. The van der Waals surface area contributed by atoms with Gasteiger partial charge in [-0.25, -0.2) is 27.1 Å². The molecule has 1 aliphatic carbocycles. The first-order chi connectivity index (χ1) is 15.8. The average molecular weight is 469 g/mol. The van der Waals surface area contributed by atoms with Crippen molar-refractivity contribution in [1.82, 2.24) is 19.2 Å². The Bertz CT molecular complexity index is 1290. The lowest BCUT2D eigenvalue weighted by atomic mass is 10.1. The number of nitrogens with one attached hydrogen (secondary N) is 1. The summed E-state index contributed by atoms with van der Waals surface area (Å²) in [5.74, 6) is -0.956. The summed E-state index contributed by atoms with van der Waals surface area (Å²) >= 11 is 1.22. The van der Waals surface area contributed by atoms with Crippen molar-refractivity contribution in [1.29, 1.82) is 0 Å². The van der Waals surface area contributed by atoms with Gasteiger partial charge in [-0.2, -0.15) is 0 Å². The van der Waals surface area contributed by atoms with Crippen LogP contribution in [0.25, 0.3) is 10.6 Å². The van der Waals surface area contributed by atoms with Gasteiger partial charge >= 0.3 is 0 Å². The maximum atomic E-state index is 14.8. The number of hydrogen-bond acceptors (Lipinski definition) is 7. The molecule has 1 saturated carbocycles. The first kappa shape index (κ1) is 17.4. The van der Waals surface area contributed by atoms with Gasteiger partial charge in [-0.05, 0) is 38.2 Å². The van der Waals surface area contributed by atoms with Crippen molar-refractivity contribution < 1.29 is 21.7 Å². The molecule has 2 aromatic rings. The highest BCUT2D eigenvalue weighted by molar-refractivity contribution is 7.88. The fourth-order valence-corrected chi connectivity index (χ4v) is 6.81. The number of anilines is 1. The van der Waals surface area contributed by atoms with E-state index in [4.69, 9.17) is 4.11 Å². The van der Waals surface area contributed by atoms with Gasteiger partial charge in [0.25, 0.3) is 5.91 Å². The first-order valence-corrected chi connectivity index (χ1v) is 12.7. The molecule has 11 heteroatoms. The van der Waals surface area contributed by atoms with Crippen LogP contribution in [-0.4, -0.2) is 65.9 Å². The molecule has 0 atom stereocenters. The Labute approximate surface area is 188 Å². The van der Waals surface area contributed by atoms with Crippen LogP contribution in [0, 0.1) is 12.7 Å². The predicted octanol–water partition coefficient (Wildman–Crippen LogP) is 2.56. The molecular weight excluding hydrogens is 441 g/mol. The zero-order chi connectivity index (χ0) is 24.6. The Balaban J connectivity index is 1.42. The summed E-state index contributed by atoms with van der Waals surface area (Å²) in [6.07, 6.45) is 4.52. The number of sulfonamides is 1. The van der Waals surface area contributed by atoms with Gasteiger partial charge in [0, 0.05) is 35.1 Å². The van der Waals surface area contributed by atoms with Crippen LogP contribution in [0.3, 0.4) is 0 Å². The first-order valence-electron chi connectivity index (χ1n) is 11.6. The molecule has 0 aromatic carbocycles. The van der Waals surface area contributed by atoms with E-state index in [0.717, 1.165) is 11.1 Å². The van der Waals surface area contributed by atoms with Gasteiger partial charge in [0.15, 0.2) is 5.82 Å². The van der Waals surface area contributed by atoms with Crippen LogP contribution in [-0.2, 0) is 15.6 Å². The van der Waals surface area contributed by atoms with Gasteiger partial charge in [0.1, 0.15) is 5.69 Å². The molecule has 1 saturated heterocycles. The maximum Gasteiger partial charge on any atom is 0.255 e. The molecule has 1 N–H and O–H groups in total. The van der Waals surface area contributed by atoms with Gasteiger partial charge in [-0.15, -0.1) is 11.3 Å². The predicted molar refractivity (Wildman–Crippen MR) is 116 cm³/mol. The topological polar surface area (TPSA) is 95.5 Å². The second kappa shape index (κ2) is 6.94. The van der Waals surface area contributed by atoms with Crippen LogP contribution < -0.4 is 5.32 Å². The lowest BCUT2D eigenvalue weighted by Gasteiger charge is -2.30. The molecule has 2 aromatic heterocycles. The molecule has 0 radical (unpaired) electrons. The van der Waals surface area contributed by atoms with Gasteiger partial charge in [-0.3, -0.25) is 4.79 Å². The molecule has 1 spiro atoms. The van der Waals surface area contributed by atoms with Crippen LogP contribution >= 0.6 is 11.3 Å². The highest BCUT2D eigenvalue weighted by Gasteiger charge is 2.58. The van der Waals surface area contributed by atoms with Crippen molar-refractivity contribution in [3.8, 4) is 10.6 Å². The number of carbonyl (C=O) groups is 1. The van der Waals surface area contributed by atoms with Crippen LogP contribution in [0.1, 0.15) is 50.6 Å². The molecule has 3 aliphatic rings. The summed E-state index contributed by atoms with van der Waals surface area (Å²) in [6.45, 7) is -0.0862. The minimum Gasteiger partial charge on any atom is -0.351 e. The van der Waals surface area contributed by atoms with E-state index in [9.17, 15) is 17.6 Å². The number of hydrogen-bond donors (Lipinski definition) is 1. The monoisotopic (exact) mass is 468 g/mol. The number of amides is 1. The summed E-state index contributed by atoms with van der Waals surface area (Å²) in [6, 6.07) is -0.0603. The number of aromatic nitrogens is 2. The minimum atomic E-state index is -3.24. The van der Waals surface area contributed by atoms with Crippen LogP contribution in [0.5, 0.6) is 0 Å². The van der Waals surface area contributed by atoms with E-state index in [2.05, 4.69) is 15.3 Å². The van der Waals surface area contributed by atoms with E-state index in [-0.39, 0.29) is 17.7 Å². The molecule has 31 heavy (non-hydrogen) atoms. The third-order valence-corrected chi connectivity index (χ3v) is 9.15. The number of thiophene rings is 1. The molecule has 0 unspecified atom stereocenters. The van der Waals surface area contributed by atoms with Crippen molar-refractivity contribution in [2.75, 3.05) is 31.6 Å². The number of piperidine rings is 1. The summed E-state index contributed by atoms with van der Waals surface area (Å²) in [7, 11) is -3.24. The van der Waals surface area contributed by atoms with Crippen LogP contribution in [0.15, 0.2) is 6.20 Å². The fraction of sp³-hybridized carbons (Fsp3) is 0.550. The molecule has 8 nitrogen and oxygen atoms in total. The molecule has 166 valence electrons. The number of rotatable bonds is 4. The lowest BCUT2D eigenvalue weighted by molar-refractivity contribution is 0.0755. The van der Waals surface area contributed by atoms with Gasteiger partial charge in [0.2, 0.25) is 16.0 Å². The molecule has 2 fully saturated rings. The van der Waals surface area contributed by atoms with E-state index < -0.39 is 34.3 Å². The molecule has 2 aliphatic heterocycles. The summed E-state index contributed by atoms with van der Waals surface area (Å²) in [5, 5.41) is 3.17. The van der Waals surface area contributed by atoms with Gasteiger partial charge in [0.05, 0.1) is 28.4 Å². The van der Waals surface area contributed by atoms with E-state index in [1.807, 2.05) is 0 Å². The molecular formula is C20H24FN5O3S2. The van der Waals surface area contributed by atoms with E-state index in [1.54, 1.807) is 6.92 Å². The van der Waals surface area contributed by atoms with Crippen molar-refractivity contribution in [3.05, 3.63) is 28.0 Å². The highest BCUT2D eigenvalue weighted by Crippen LogP contribution is 2.60. The van der Waals surface area contributed by atoms with Crippen molar-refractivity contribution in [3.63, 3.8) is 0 Å². The smallest absolute Gasteiger partial charge is 0.255 e. The Hall–Kier alpha value is -2.11.